The molecule has 14 heavy (non-hydrogen) atoms. The van der Waals surface area contributed by atoms with E-state index < -0.39 is 22.6 Å². The third-order valence-electron chi connectivity index (χ3n) is 3.62. The Hall–Kier alpha value is -0.200. The van der Waals surface area contributed by atoms with E-state index in [4.69, 9.17) is 0 Å². The third kappa shape index (κ3) is 0.869. The predicted octanol–water partition coefficient (Wildman–Crippen LogP) is -1.29. The molecule has 0 bridgehead atoms. The van der Waals surface area contributed by atoms with Gasteiger partial charge >= 0.3 is 0 Å². The van der Waals surface area contributed by atoms with Crippen molar-refractivity contribution in [1.29, 1.82) is 0 Å². The number of rotatable bonds is 2. The maximum atomic E-state index is 9.89. The zero-order valence-corrected chi connectivity index (χ0v) is 8.65. The smallest absolute Gasteiger partial charge is 0.228 e. The van der Waals surface area contributed by atoms with Crippen LogP contribution in [0, 0.1) is 0 Å². The van der Waals surface area contributed by atoms with Crippen LogP contribution < -0.4 is 0 Å². The average Bonchev–Trinajstić information content (AvgIpc) is 2.02. The lowest BCUT2D eigenvalue weighted by Gasteiger charge is -2.68. The minimum Gasteiger partial charge on any atom is -0.384 e. The van der Waals surface area contributed by atoms with Gasteiger partial charge in [-0.25, -0.2) is 0 Å². The van der Waals surface area contributed by atoms with Gasteiger partial charge in [-0.15, -0.1) is 0 Å². The van der Waals surface area contributed by atoms with E-state index in [9.17, 15) is 25.5 Å². The molecule has 3 unspecified atom stereocenters. The number of aliphatic hydroxyl groups is 5. The first kappa shape index (κ1) is 11.9. The van der Waals surface area contributed by atoms with Crippen molar-refractivity contribution < 1.29 is 25.5 Å². The largest absolute Gasteiger partial charge is 0.384 e. The zero-order chi connectivity index (χ0) is 11.4. The van der Waals surface area contributed by atoms with Crippen LogP contribution in [0.5, 0.6) is 0 Å². The fourth-order valence-electron chi connectivity index (χ4n) is 2.20. The summed E-state index contributed by atoms with van der Waals surface area (Å²) in [5, 5.41) is 48.4. The molecule has 0 aliphatic heterocycles. The van der Waals surface area contributed by atoms with Crippen LogP contribution in [0.1, 0.15) is 33.6 Å². The predicted molar refractivity (Wildman–Crippen MR) is 48.3 cm³/mol. The number of hydrogen-bond donors (Lipinski definition) is 5. The molecule has 1 aliphatic rings. The van der Waals surface area contributed by atoms with Crippen LogP contribution in [0.4, 0.5) is 0 Å². The Morgan fingerprint density at radius 3 is 1.57 bits per heavy atom. The maximum Gasteiger partial charge on any atom is 0.228 e. The quantitative estimate of drug-likeness (QED) is 0.362. The first-order valence-corrected chi connectivity index (χ1v) is 4.68. The van der Waals surface area contributed by atoms with Gasteiger partial charge in [0.1, 0.15) is 11.2 Å². The summed E-state index contributed by atoms with van der Waals surface area (Å²) < 4.78 is 0. The summed E-state index contributed by atoms with van der Waals surface area (Å²) >= 11 is 0. The lowest BCUT2D eigenvalue weighted by Crippen LogP contribution is -2.93. The molecule has 5 nitrogen and oxygen atoms in total. The molecule has 0 aromatic heterocycles. The highest BCUT2D eigenvalue weighted by Gasteiger charge is 2.84. The molecule has 0 aromatic carbocycles. The second-order valence-electron chi connectivity index (χ2n) is 4.43. The second-order valence-corrected chi connectivity index (χ2v) is 4.43. The Morgan fingerprint density at radius 1 is 0.857 bits per heavy atom. The Kier molecular flexibility index (Phi) is 2.27. The van der Waals surface area contributed by atoms with Gasteiger partial charge in [0.15, 0.2) is 5.60 Å². The van der Waals surface area contributed by atoms with Crippen LogP contribution in [0.25, 0.3) is 0 Å². The van der Waals surface area contributed by atoms with Gasteiger partial charge in [0.25, 0.3) is 0 Å². The SMILES string of the molecule is CCCC1(O)C(C)(O)C(C)(O)C1(O)O. The fraction of sp³-hybridized carbons (Fsp3) is 1.00. The molecular formula is C9H18O5. The van der Waals surface area contributed by atoms with Crippen molar-refractivity contribution in [2.45, 2.75) is 56.2 Å². The monoisotopic (exact) mass is 206 g/mol. The highest BCUT2D eigenvalue weighted by Crippen LogP contribution is 2.58. The van der Waals surface area contributed by atoms with Crippen LogP contribution in [0.15, 0.2) is 0 Å². The Morgan fingerprint density at radius 2 is 1.29 bits per heavy atom. The highest BCUT2D eigenvalue weighted by atomic mass is 16.6. The van der Waals surface area contributed by atoms with Crippen LogP contribution in [-0.2, 0) is 0 Å². The van der Waals surface area contributed by atoms with Crippen molar-refractivity contribution >= 4 is 0 Å². The lowest BCUT2D eigenvalue weighted by atomic mass is 9.49. The van der Waals surface area contributed by atoms with E-state index in [0.29, 0.717) is 6.42 Å². The first-order valence-electron chi connectivity index (χ1n) is 4.68. The van der Waals surface area contributed by atoms with E-state index in [-0.39, 0.29) is 6.42 Å². The highest BCUT2D eigenvalue weighted by molar-refractivity contribution is 5.30. The molecule has 0 saturated heterocycles. The molecule has 1 rings (SSSR count). The topological polar surface area (TPSA) is 101 Å². The molecule has 0 heterocycles. The van der Waals surface area contributed by atoms with Gasteiger partial charge in [-0.3, -0.25) is 0 Å². The molecule has 5 heteroatoms. The molecule has 0 aromatic rings. The van der Waals surface area contributed by atoms with Gasteiger partial charge in [-0.1, -0.05) is 13.3 Å². The van der Waals surface area contributed by atoms with Crippen LogP contribution in [0.2, 0.25) is 0 Å². The van der Waals surface area contributed by atoms with Gasteiger partial charge in [0.05, 0.1) is 0 Å². The third-order valence-corrected chi connectivity index (χ3v) is 3.62. The summed E-state index contributed by atoms with van der Waals surface area (Å²) in [5.41, 5.74) is -6.15. The molecule has 1 aliphatic carbocycles. The van der Waals surface area contributed by atoms with Gasteiger partial charge in [0.2, 0.25) is 5.79 Å². The standard InChI is InChI=1S/C9H18O5/c1-4-5-8(12)6(2,10)7(3,11)9(8,13)14/h10-14H,4-5H2,1-3H3. The Balaban J connectivity index is 3.11. The summed E-state index contributed by atoms with van der Waals surface area (Å²) in [5.74, 6) is -2.68. The molecular weight excluding hydrogens is 188 g/mol. The van der Waals surface area contributed by atoms with Gasteiger partial charge < -0.3 is 25.5 Å². The van der Waals surface area contributed by atoms with Gasteiger partial charge in [-0.05, 0) is 20.3 Å². The molecule has 1 fully saturated rings. The Labute approximate surface area is 82.6 Å². The summed E-state index contributed by atoms with van der Waals surface area (Å²) in [6.45, 7) is 4.00. The minimum absolute atomic E-state index is 0.00312. The second kappa shape index (κ2) is 2.68. The summed E-state index contributed by atoms with van der Waals surface area (Å²) in [6.07, 6.45) is 0.467. The first-order chi connectivity index (χ1) is 6.06. The van der Waals surface area contributed by atoms with Crippen molar-refractivity contribution in [3.63, 3.8) is 0 Å². The zero-order valence-electron chi connectivity index (χ0n) is 8.65. The molecule has 3 atom stereocenters. The number of hydrogen-bond acceptors (Lipinski definition) is 5. The Bertz CT molecular complexity index is 226. The normalized spacial score (nSPS) is 51.4. The van der Waals surface area contributed by atoms with Crippen molar-refractivity contribution in [3.05, 3.63) is 0 Å². The van der Waals surface area contributed by atoms with E-state index >= 15 is 0 Å². The van der Waals surface area contributed by atoms with E-state index in [1.54, 1.807) is 6.92 Å². The van der Waals surface area contributed by atoms with Crippen LogP contribution >= 0.6 is 0 Å². The van der Waals surface area contributed by atoms with Crippen molar-refractivity contribution in [2.24, 2.45) is 0 Å². The molecule has 0 amide bonds. The molecule has 84 valence electrons. The molecule has 0 spiro atoms. The van der Waals surface area contributed by atoms with Crippen LogP contribution in [0.3, 0.4) is 0 Å². The summed E-state index contributed by atoms with van der Waals surface area (Å²) in [4.78, 5) is 0. The van der Waals surface area contributed by atoms with E-state index in [2.05, 4.69) is 0 Å². The van der Waals surface area contributed by atoms with E-state index in [1.165, 1.54) is 6.92 Å². The van der Waals surface area contributed by atoms with Crippen molar-refractivity contribution in [3.8, 4) is 0 Å². The average molecular weight is 206 g/mol. The molecule has 5 N–H and O–H groups in total. The van der Waals surface area contributed by atoms with Crippen LogP contribution in [-0.4, -0.2) is 48.1 Å². The summed E-state index contributed by atoms with van der Waals surface area (Å²) in [7, 11) is 0. The van der Waals surface area contributed by atoms with Gasteiger partial charge in [0, 0.05) is 0 Å². The van der Waals surface area contributed by atoms with E-state index in [1.807, 2.05) is 0 Å². The molecule has 0 radical (unpaired) electrons. The van der Waals surface area contributed by atoms with E-state index in [0.717, 1.165) is 6.92 Å². The van der Waals surface area contributed by atoms with Crippen molar-refractivity contribution in [1.82, 2.24) is 0 Å². The maximum absolute atomic E-state index is 9.89. The minimum atomic E-state index is -2.68. The molecule has 1 saturated carbocycles. The van der Waals surface area contributed by atoms with Gasteiger partial charge in [-0.2, -0.15) is 0 Å². The fourth-order valence-corrected chi connectivity index (χ4v) is 2.20. The summed E-state index contributed by atoms with van der Waals surface area (Å²) in [6, 6.07) is 0. The van der Waals surface area contributed by atoms with Crippen molar-refractivity contribution in [2.75, 3.05) is 0 Å². The lowest BCUT2D eigenvalue weighted by molar-refractivity contribution is -0.493.